The fourth-order valence-corrected chi connectivity index (χ4v) is 5.35. The second kappa shape index (κ2) is 8.53. The number of hydrogen-bond donors (Lipinski definition) is 0. The molecule has 2 aromatic rings. The smallest absolute Gasteiger partial charge is 0.0749 e. The molecule has 1 heteroatoms. The van der Waals surface area contributed by atoms with Gasteiger partial charge < -0.3 is 0 Å². The molecule has 1 atom stereocenters. The molecule has 0 radical (unpaired) electrons. The van der Waals surface area contributed by atoms with Crippen molar-refractivity contribution >= 4 is 16.3 Å². The Hall–Kier alpha value is -2.15. The number of aromatic nitrogens is 1. The zero-order valence-corrected chi connectivity index (χ0v) is 19.5. The van der Waals surface area contributed by atoms with Crippen LogP contribution in [-0.2, 0) is 5.41 Å². The Morgan fingerprint density at radius 1 is 1.10 bits per heavy atom. The summed E-state index contributed by atoms with van der Waals surface area (Å²) in [6.45, 7) is 11.5. The van der Waals surface area contributed by atoms with E-state index in [4.69, 9.17) is 4.98 Å². The molecule has 1 unspecified atom stereocenters. The number of nitrogens with zero attached hydrogens (tertiary/aromatic N) is 1. The summed E-state index contributed by atoms with van der Waals surface area (Å²) >= 11 is 0. The molecule has 1 heterocycles. The summed E-state index contributed by atoms with van der Waals surface area (Å²) in [5.74, 6) is 1.67. The van der Waals surface area contributed by atoms with E-state index in [9.17, 15) is 0 Å². The van der Waals surface area contributed by atoms with E-state index < -0.39 is 0 Å². The van der Waals surface area contributed by atoms with Crippen LogP contribution in [0.5, 0.6) is 0 Å². The van der Waals surface area contributed by atoms with Crippen molar-refractivity contribution in [3.05, 3.63) is 71.1 Å². The van der Waals surface area contributed by atoms with Crippen LogP contribution < -0.4 is 0 Å². The van der Waals surface area contributed by atoms with Gasteiger partial charge in [-0.1, -0.05) is 89.0 Å². The maximum atomic E-state index is 4.89. The molecule has 3 aliphatic rings. The minimum Gasteiger partial charge on any atom is -0.256 e. The number of fused-ring (bicyclic) bond motifs is 1. The first kappa shape index (κ1) is 21.1. The highest BCUT2D eigenvalue weighted by Crippen LogP contribution is 2.53. The van der Waals surface area contributed by atoms with E-state index in [1.807, 2.05) is 6.20 Å². The van der Waals surface area contributed by atoms with Crippen molar-refractivity contribution in [3.63, 3.8) is 0 Å². The molecule has 0 spiro atoms. The van der Waals surface area contributed by atoms with E-state index in [1.54, 1.807) is 0 Å². The van der Waals surface area contributed by atoms with Gasteiger partial charge in [0.05, 0.1) is 5.69 Å². The third kappa shape index (κ3) is 3.80. The lowest BCUT2D eigenvalue weighted by Gasteiger charge is -2.41. The number of hydrogen-bond acceptors (Lipinski definition) is 1. The molecule has 1 saturated carbocycles. The first-order valence-electron chi connectivity index (χ1n) is 11.9. The van der Waals surface area contributed by atoms with E-state index in [0.29, 0.717) is 5.92 Å². The minimum atomic E-state index is 0.0264. The van der Waals surface area contributed by atoms with Gasteiger partial charge in [-0.05, 0) is 66.2 Å². The van der Waals surface area contributed by atoms with Crippen LogP contribution in [0.4, 0.5) is 0 Å². The predicted molar refractivity (Wildman–Crippen MR) is 131 cm³/mol. The molecule has 30 heavy (non-hydrogen) atoms. The normalized spacial score (nSPS) is 21.9. The highest BCUT2D eigenvalue weighted by molar-refractivity contribution is 6.00. The van der Waals surface area contributed by atoms with Crippen molar-refractivity contribution in [2.24, 2.45) is 11.8 Å². The maximum absolute atomic E-state index is 4.89. The Morgan fingerprint density at radius 2 is 1.90 bits per heavy atom. The molecule has 0 bridgehead atoms. The molecular formula is C29H37N. The van der Waals surface area contributed by atoms with Gasteiger partial charge in [-0.2, -0.15) is 0 Å². The molecule has 3 aliphatic carbocycles. The Labute approximate surface area is 183 Å². The SMILES string of the molecule is CCC1CC1.CCC=CCC1CC=C(C)C2=C1c1nccc3cccc(c13)C2(C)C. The Morgan fingerprint density at radius 3 is 2.57 bits per heavy atom. The van der Waals surface area contributed by atoms with Crippen LogP contribution >= 0.6 is 0 Å². The maximum Gasteiger partial charge on any atom is 0.0749 e. The van der Waals surface area contributed by atoms with Crippen LogP contribution in [-0.4, -0.2) is 4.98 Å². The molecule has 0 saturated heterocycles. The molecular weight excluding hydrogens is 362 g/mol. The van der Waals surface area contributed by atoms with Crippen LogP contribution in [0.2, 0.25) is 0 Å². The highest BCUT2D eigenvalue weighted by atomic mass is 14.7. The summed E-state index contributed by atoms with van der Waals surface area (Å²) in [7, 11) is 0. The van der Waals surface area contributed by atoms with E-state index >= 15 is 0 Å². The summed E-state index contributed by atoms with van der Waals surface area (Å²) in [6, 6.07) is 8.87. The van der Waals surface area contributed by atoms with Gasteiger partial charge >= 0.3 is 0 Å². The summed E-state index contributed by atoms with van der Waals surface area (Å²) < 4.78 is 0. The van der Waals surface area contributed by atoms with Crippen molar-refractivity contribution in [2.45, 2.75) is 78.6 Å². The second-order valence-electron chi connectivity index (χ2n) is 9.76. The molecule has 5 rings (SSSR count). The lowest BCUT2D eigenvalue weighted by molar-refractivity contribution is 0.592. The van der Waals surface area contributed by atoms with Crippen LogP contribution in [0, 0.1) is 11.8 Å². The Kier molecular flexibility index (Phi) is 6.00. The molecule has 158 valence electrons. The third-order valence-corrected chi connectivity index (χ3v) is 7.22. The highest BCUT2D eigenvalue weighted by Gasteiger charge is 2.40. The molecule has 0 N–H and O–H groups in total. The lowest BCUT2D eigenvalue weighted by Crippen LogP contribution is -2.30. The van der Waals surface area contributed by atoms with Crippen molar-refractivity contribution in [3.8, 4) is 0 Å². The van der Waals surface area contributed by atoms with E-state index in [-0.39, 0.29) is 5.41 Å². The van der Waals surface area contributed by atoms with Gasteiger partial charge in [0.25, 0.3) is 0 Å². The standard InChI is InChI=1S/C24H27N.C5H10/c1-5-6-7-9-17-13-12-16(2)22-21(17)23-20-18(14-15-25-23)10-8-11-19(20)24(22,3)4;1-2-5-3-4-5/h6-8,10-12,14-15,17H,5,9,13H2,1-4H3;5H,2-4H2,1H3. The van der Waals surface area contributed by atoms with Crippen LogP contribution in [0.3, 0.4) is 0 Å². The lowest BCUT2D eigenvalue weighted by atomic mass is 9.63. The summed E-state index contributed by atoms with van der Waals surface area (Å²) in [6.07, 6.45) is 16.8. The van der Waals surface area contributed by atoms with Gasteiger partial charge in [0.15, 0.2) is 0 Å². The summed E-state index contributed by atoms with van der Waals surface area (Å²) in [5.41, 5.74) is 7.11. The van der Waals surface area contributed by atoms with Gasteiger partial charge in [-0.25, -0.2) is 0 Å². The van der Waals surface area contributed by atoms with E-state index in [0.717, 1.165) is 25.2 Å². The van der Waals surface area contributed by atoms with Crippen molar-refractivity contribution < 1.29 is 0 Å². The number of pyridine rings is 1. The van der Waals surface area contributed by atoms with Crippen LogP contribution in [0.1, 0.15) is 84.4 Å². The molecule has 1 aromatic carbocycles. The zero-order valence-electron chi connectivity index (χ0n) is 19.5. The molecule has 0 aliphatic heterocycles. The largest absolute Gasteiger partial charge is 0.256 e. The van der Waals surface area contributed by atoms with Gasteiger partial charge in [-0.15, -0.1) is 0 Å². The number of allylic oxidation sites excluding steroid dienone is 6. The quantitative estimate of drug-likeness (QED) is 0.470. The van der Waals surface area contributed by atoms with Gasteiger partial charge in [-0.3, -0.25) is 4.98 Å². The first-order chi connectivity index (χ1) is 14.5. The van der Waals surface area contributed by atoms with Gasteiger partial charge in [0.1, 0.15) is 0 Å². The van der Waals surface area contributed by atoms with E-state index in [2.05, 4.69) is 77.1 Å². The predicted octanol–water partition coefficient (Wildman–Crippen LogP) is 8.41. The molecule has 1 fully saturated rings. The Balaban J connectivity index is 0.000000383. The zero-order chi connectivity index (χ0) is 21.3. The van der Waals surface area contributed by atoms with Crippen molar-refractivity contribution in [1.29, 1.82) is 0 Å². The van der Waals surface area contributed by atoms with Crippen molar-refractivity contribution in [2.75, 3.05) is 0 Å². The molecule has 1 nitrogen and oxygen atoms in total. The molecule has 1 aromatic heterocycles. The van der Waals surface area contributed by atoms with Crippen molar-refractivity contribution in [1.82, 2.24) is 4.98 Å². The number of benzene rings is 1. The second-order valence-corrected chi connectivity index (χ2v) is 9.76. The first-order valence-corrected chi connectivity index (χ1v) is 11.9. The topological polar surface area (TPSA) is 12.9 Å². The monoisotopic (exact) mass is 399 g/mol. The molecule has 0 amide bonds. The fourth-order valence-electron chi connectivity index (χ4n) is 5.35. The fraction of sp³-hybridized carbons (Fsp3) is 0.483. The summed E-state index contributed by atoms with van der Waals surface area (Å²) in [5, 5.41) is 2.69. The van der Waals surface area contributed by atoms with Gasteiger partial charge in [0.2, 0.25) is 0 Å². The van der Waals surface area contributed by atoms with E-state index in [1.165, 1.54) is 58.0 Å². The van der Waals surface area contributed by atoms with Crippen LogP contribution in [0.25, 0.3) is 16.3 Å². The Bertz CT molecular complexity index is 1010. The average molecular weight is 400 g/mol. The number of rotatable bonds is 4. The average Bonchev–Trinajstić information content (AvgIpc) is 3.58. The van der Waals surface area contributed by atoms with Crippen LogP contribution in [0.15, 0.2) is 59.8 Å². The minimum absolute atomic E-state index is 0.0264. The summed E-state index contributed by atoms with van der Waals surface area (Å²) in [4.78, 5) is 4.89. The third-order valence-electron chi connectivity index (χ3n) is 7.22. The van der Waals surface area contributed by atoms with Gasteiger partial charge in [0, 0.05) is 17.0 Å².